The molecule has 0 amide bonds. The van der Waals surface area contributed by atoms with Crippen molar-refractivity contribution in [3.05, 3.63) is 0 Å². The summed E-state index contributed by atoms with van der Waals surface area (Å²) in [5.74, 6) is 0. The Bertz CT molecular complexity index is 775. The third-order valence-corrected chi connectivity index (χ3v) is 8.08. The SMILES string of the molecule is CCCCCCCCO[C@@H]1O[C@H](CO[C@H]2O[C@H](CO)[C@@H](OC)[C@H](O)[C@@H]2O)[C@@H](O)[C@H](O[C@H]2O[C@H](CO)[C@@H](O)[C@H](O)[C@@H]2O)[C@@H]1O. The molecule has 3 saturated heterocycles. The van der Waals surface area contributed by atoms with Crippen LogP contribution in [-0.4, -0.2) is 172 Å². The molecule has 0 bridgehead atoms. The molecule has 3 rings (SSSR count). The van der Waals surface area contributed by atoms with Gasteiger partial charge in [0.1, 0.15) is 73.2 Å². The van der Waals surface area contributed by atoms with Crippen molar-refractivity contribution in [1.29, 1.82) is 0 Å². The van der Waals surface area contributed by atoms with E-state index in [9.17, 15) is 46.0 Å². The van der Waals surface area contributed by atoms with Gasteiger partial charge in [0.2, 0.25) is 0 Å². The van der Waals surface area contributed by atoms with E-state index in [4.69, 9.17) is 33.2 Å². The fraction of sp³-hybridized carbons (Fsp3) is 1.00. The molecule has 3 aliphatic rings. The molecule has 9 N–H and O–H groups in total. The number of unbranched alkanes of at least 4 members (excludes halogenated alkanes) is 5. The van der Waals surface area contributed by atoms with E-state index in [1.165, 1.54) is 7.11 Å². The fourth-order valence-electron chi connectivity index (χ4n) is 5.43. The summed E-state index contributed by atoms with van der Waals surface area (Å²) in [4.78, 5) is 0. The Labute approximate surface area is 250 Å². The maximum atomic E-state index is 11.1. The van der Waals surface area contributed by atoms with Gasteiger partial charge >= 0.3 is 0 Å². The third kappa shape index (κ3) is 9.22. The zero-order valence-electron chi connectivity index (χ0n) is 24.6. The maximum Gasteiger partial charge on any atom is 0.187 e. The monoisotopic (exact) mass is 630 g/mol. The molecule has 0 unspecified atom stereocenters. The standard InChI is InChI=1S/C27H50O16/c1-3-4-5-6-7-8-9-38-26-22(36)24(43-27-20(34)18(32)16(30)13(10-28)40-27)17(31)15(42-26)12-39-25-21(35)19(33)23(37-2)14(11-29)41-25/h13-36H,3-12H2,1-2H3/t13-,14-,15-,16-,17-,18+,19-,20+,21+,22+,23-,24+,25+,26-,27-/m1/s1. The van der Waals surface area contributed by atoms with Gasteiger partial charge in [0, 0.05) is 13.7 Å². The summed E-state index contributed by atoms with van der Waals surface area (Å²) in [6.45, 7) is 0.604. The van der Waals surface area contributed by atoms with Crippen LogP contribution >= 0.6 is 0 Å². The Kier molecular flexibility index (Phi) is 15.3. The molecular weight excluding hydrogens is 580 g/mol. The average Bonchev–Trinajstić information content (AvgIpc) is 3.00. The van der Waals surface area contributed by atoms with Gasteiger partial charge in [0.05, 0.1) is 19.8 Å². The molecule has 0 spiro atoms. The largest absolute Gasteiger partial charge is 0.394 e. The van der Waals surface area contributed by atoms with Crippen molar-refractivity contribution in [3.8, 4) is 0 Å². The molecule has 3 heterocycles. The van der Waals surface area contributed by atoms with Gasteiger partial charge in [-0.1, -0.05) is 39.0 Å². The van der Waals surface area contributed by atoms with Crippen molar-refractivity contribution >= 4 is 0 Å². The lowest BCUT2D eigenvalue weighted by Gasteiger charge is -2.46. The van der Waals surface area contributed by atoms with Gasteiger partial charge in [-0.3, -0.25) is 0 Å². The summed E-state index contributed by atoms with van der Waals surface area (Å²) in [5.41, 5.74) is 0. The van der Waals surface area contributed by atoms with Crippen molar-refractivity contribution < 1.29 is 79.1 Å². The molecule has 0 aromatic carbocycles. The van der Waals surface area contributed by atoms with E-state index in [0.717, 1.165) is 32.1 Å². The summed E-state index contributed by atoms with van der Waals surface area (Å²) < 4.78 is 38.9. The molecular formula is C27H50O16. The molecule has 3 aliphatic heterocycles. The Morgan fingerprint density at radius 3 is 1.77 bits per heavy atom. The van der Waals surface area contributed by atoms with Crippen LogP contribution in [0.5, 0.6) is 0 Å². The molecule has 3 fully saturated rings. The highest BCUT2D eigenvalue weighted by molar-refractivity contribution is 4.95. The van der Waals surface area contributed by atoms with Crippen LogP contribution in [0.1, 0.15) is 45.4 Å². The molecule has 254 valence electrons. The first-order valence-electron chi connectivity index (χ1n) is 15.0. The van der Waals surface area contributed by atoms with Crippen LogP contribution in [0, 0.1) is 0 Å². The first kappa shape index (κ1) is 36.8. The van der Waals surface area contributed by atoms with E-state index in [-0.39, 0.29) is 6.61 Å². The van der Waals surface area contributed by atoms with Gasteiger partial charge in [-0.15, -0.1) is 0 Å². The zero-order valence-corrected chi connectivity index (χ0v) is 24.6. The van der Waals surface area contributed by atoms with Gasteiger partial charge in [-0.25, -0.2) is 0 Å². The second-order valence-electron chi connectivity index (χ2n) is 11.2. The Balaban J connectivity index is 1.70. The first-order chi connectivity index (χ1) is 20.6. The van der Waals surface area contributed by atoms with E-state index in [0.29, 0.717) is 6.42 Å². The van der Waals surface area contributed by atoms with E-state index in [2.05, 4.69) is 6.92 Å². The highest BCUT2D eigenvalue weighted by Crippen LogP contribution is 2.31. The van der Waals surface area contributed by atoms with E-state index < -0.39 is 112 Å². The van der Waals surface area contributed by atoms with Crippen molar-refractivity contribution in [1.82, 2.24) is 0 Å². The van der Waals surface area contributed by atoms with Gasteiger partial charge < -0.3 is 79.1 Å². The molecule has 15 atom stereocenters. The second-order valence-corrected chi connectivity index (χ2v) is 11.2. The van der Waals surface area contributed by atoms with Crippen molar-refractivity contribution in [2.75, 3.05) is 33.5 Å². The molecule has 0 aliphatic carbocycles. The molecule has 0 radical (unpaired) electrons. The normalized spacial score (nSPS) is 44.0. The predicted octanol–water partition coefficient (Wildman–Crippen LogP) is -3.53. The van der Waals surface area contributed by atoms with Crippen LogP contribution in [-0.2, 0) is 33.2 Å². The molecule has 0 saturated carbocycles. The summed E-state index contributed by atoms with van der Waals surface area (Å²) in [6.07, 6.45) is -16.2. The van der Waals surface area contributed by atoms with E-state index in [1.54, 1.807) is 0 Å². The predicted molar refractivity (Wildman–Crippen MR) is 143 cm³/mol. The highest BCUT2D eigenvalue weighted by atomic mass is 16.7. The van der Waals surface area contributed by atoms with Gasteiger partial charge in [0.25, 0.3) is 0 Å². The summed E-state index contributed by atoms with van der Waals surface area (Å²) >= 11 is 0. The van der Waals surface area contributed by atoms with Gasteiger partial charge in [-0.05, 0) is 6.42 Å². The number of aliphatic hydroxyl groups is 9. The molecule has 43 heavy (non-hydrogen) atoms. The lowest BCUT2D eigenvalue weighted by atomic mass is 9.96. The van der Waals surface area contributed by atoms with Crippen LogP contribution in [0.25, 0.3) is 0 Å². The lowest BCUT2D eigenvalue weighted by Crippen LogP contribution is -2.65. The van der Waals surface area contributed by atoms with Crippen molar-refractivity contribution in [3.63, 3.8) is 0 Å². The van der Waals surface area contributed by atoms with Crippen LogP contribution in [0.2, 0.25) is 0 Å². The van der Waals surface area contributed by atoms with Crippen LogP contribution < -0.4 is 0 Å². The van der Waals surface area contributed by atoms with E-state index in [1.807, 2.05) is 0 Å². The van der Waals surface area contributed by atoms with Crippen molar-refractivity contribution in [2.45, 2.75) is 138 Å². The highest BCUT2D eigenvalue weighted by Gasteiger charge is 2.52. The number of aliphatic hydroxyl groups excluding tert-OH is 9. The first-order valence-corrected chi connectivity index (χ1v) is 15.0. The Morgan fingerprint density at radius 2 is 1.12 bits per heavy atom. The van der Waals surface area contributed by atoms with Gasteiger partial charge in [-0.2, -0.15) is 0 Å². The van der Waals surface area contributed by atoms with Crippen LogP contribution in [0.15, 0.2) is 0 Å². The number of hydrogen-bond acceptors (Lipinski definition) is 16. The minimum Gasteiger partial charge on any atom is -0.394 e. The van der Waals surface area contributed by atoms with E-state index >= 15 is 0 Å². The minimum atomic E-state index is -1.80. The smallest absolute Gasteiger partial charge is 0.187 e. The average molecular weight is 631 g/mol. The quantitative estimate of drug-likeness (QED) is 0.0750. The maximum absolute atomic E-state index is 11.1. The van der Waals surface area contributed by atoms with Gasteiger partial charge in [0.15, 0.2) is 18.9 Å². The second kappa shape index (κ2) is 17.9. The minimum absolute atomic E-state index is 0.206. The third-order valence-electron chi connectivity index (χ3n) is 8.08. The summed E-state index contributed by atoms with van der Waals surface area (Å²) in [6, 6.07) is 0. The number of methoxy groups -OCH3 is 1. The van der Waals surface area contributed by atoms with Crippen LogP contribution in [0.4, 0.5) is 0 Å². The molecule has 0 aromatic heterocycles. The topological polar surface area (TPSA) is 247 Å². The molecule has 16 nitrogen and oxygen atoms in total. The number of hydrogen-bond donors (Lipinski definition) is 9. The zero-order chi connectivity index (χ0) is 31.7. The van der Waals surface area contributed by atoms with Crippen molar-refractivity contribution in [2.24, 2.45) is 0 Å². The Morgan fingerprint density at radius 1 is 0.535 bits per heavy atom. The Hall–Kier alpha value is -0.640. The molecule has 0 aromatic rings. The van der Waals surface area contributed by atoms with Crippen LogP contribution in [0.3, 0.4) is 0 Å². The fourth-order valence-corrected chi connectivity index (χ4v) is 5.43. The summed E-state index contributed by atoms with van der Waals surface area (Å²) in [5, 5.41) is 92.9. The number of ether oxygens (including phenoxy) is 7. The summed E-state index contributed by atoms with van der Waals surface area (Å²) in [7, 11) is 1.28. The molecule has 16 heteroatoms. The number of rotatable bonds is 16. The lowest BCUT2D eigenvalue weighted by molar-refractivity contribution is -0.366.